The van der Waals surface area contributed by atoms with Crippen molar-refractivity contribution in [3.05, 3.63) is 77.5 Å². The van der Waals surface area contributed by atoms with Crippen LogP contribution in [0.2, 0.25) is 0 Å². The van der Waals surface area contributed by atoms with E-state index in [2.05, 4.69) is 25.2 Å². The second-order valence-corrected chi connectivity index (χ2v) is 7.31. The lowest BCUT2D eigenvalue weighted by atomic mass is 9.97. The molecule has 0 unspecified atom stereocenters. The maximum atomic E-state index is 12.7. The Morgan fingerprint density at radius 1 is 1.13 bits per heavy atom. The molecule has 30 heavy (non-hydrogen) atoms. The van der Waals surface area contributed by atoms with Gasteiger partial charge >= 0.3 is 0 Å². The molecule has 0 saturated heterocycles. The highest BCUT2D eigenvalue weighted by Crippen LogP contribution is 2.25. The van der Waals surface area contributed by atoms with E-state index in [0.717, 1.165) is 11.1 Å². The van der Waals surface area contributed by atoms with Gasteiger partial charge in [0.05, 0.1) is 5.60 Å². The second-order valence-electron chi connectivity index (χ2n) is 7.31. The minimum atomic E-state index is -0.908. The quantitative estimate of drug-likeness (QED) is 0.501. The Bertz CT molecular complexity index is 1190. The molecule has 8 nitrogen and oxygen atoms in total. The first-order chi connectivity index (χ1) is 14.4. The fourth-order valence-corrected chi connectivity index (χ4v) is 2.89. The summed E-state index contributed by atoms with van der Waals surface area (Å²) in [5.41, 5.74) is 2.27. The highest BCUT2D eigenvalue weighted by molar-refractivity contribution is 5.96. The van der Waals surface area contributed by atoms with Gasteiger partial charge < -0.3 is 15.2 Å². The van der Waals surface area contributed by atoms with Crippen molar-refractivity contribution in [2.75, 3.05) is 0 Å². The van der Waals surface area contributed by atoms with Crippen molar-refractivity contribution in [1.29, 1.82) is 0 Å². The largest absolute Gasteiger partial charge is 0.438 e. The van der Waals surface area contributed by atoms with Gasteiger partial charge in [-0.2, -0.15) is 0 Å². The van der Waals surface area contributed by atoms with Crippen LogP contribution in [-0.2, 0) is 12.1 Å². The molecule has 1 amide bonds. The molecule has 8 heteroatoms. The average Bonchev–Trinajstić information content (AvgIpc) is 3.20. The number of fused-ring (bicyclic) bond motifs is 1. The summed E-state index contributed by atoms with van der Waals surface area (Å²) in [6.07, 6.45) is 1.55. The summed E-state index contributed by atoms with van der Waals surface area (Å²) < 4.78 is 10.5. The van der Waals surface area contributed by atoms with E-state index in [4.69, 9.17) is 4.74 Å². The molecule has 2 aromatic heterocycles. The van der Waals surface area contributed by atoms with Gasteiger partial charge in [0, 0.05) is 20.2 Å². The smallest absolute Gasteiger partial charge is 0.257 e. The van der Waals surface area contributed by atoms with Crippen LogP contribution < -0.4 is 10.1 Å². The third-order valence-electron chi connectivity index (χ3n) is 4.57. The average molecular weight is 406 g/mol. The number of nitrogens with one attached hydrogen (secondary N) is 1. The Hall–Kier alpha value is -3.78. The van der Waals surface area contributed by atoms with Gasteiger partial charge in [-0.15, -0.1) is 0 Å². The van der Waals surface area contributed by atoms with Gasteiger partial charge in [0.1, 0.15) is 22.3 Å². The van der Waals surface area contributed by atoms with Crippen LogP contribution in [0.1, 0.15) is 36.8 Å². The summed E-state index contributed by atoms with van der Waals surface area (Å²) in [5, 5.41) is 20.4. The van der Waals surface area contributed by atoms with Crippen LogP contribution >= 0.6 is 0 Å². The zero-order valence-electron chi connectivity index (χ0n) is 16.5. The highest BCUT2D eigenvalue weighted by Gasteiger charge is 2.17. The van der Waals surface area contributed by atoms with Crippen molar-refractivity contribution >= 4 is 16.9 Å². The standard InChI is InChI=1S/C22H20N4O4.H2/c1-22(2,28)15-7-5-14(6-8-15)13-24-20(27)17-4-3-11-23-21(17)29-16-9-10-18-19(12-16)26-30-25-18;/h3-12,28H,13H2,1-2H3,(H,24,27);1H. The van der Waals surface area contributed by atoms with Crippen LogP contribution in [0.25, 0.3) is 11.0 Å². The van der Waals surface area contributed by atoms with E-state index < -0.39 is 5.60 Å². The Morgan fingerprint density at radius 3 is 2.67 bits per heavy atom. The molecule has 0 aliphatic carbocycles. The van der Waals surface area contributed by atoms with Crippen LogP contribution in [0.4, 0.5) is 0 Å². The van der Waals surface area contributed by atoms with E-state index in [9.17, 15) is 9.90 Å². The Morgan fingerprint density at radius 2 is 1.90 bits per heavy atom. The number of rotatable bonds is 6. The lowest BCUT2D eigenvalue weighted by Gasteiger charge is -2.18. The van der Waals surface area contributed by atoms with Crippen LogP contribution in [0.15, 0.2) is 65.4 Å². The number of aliphatic hydroxyl groups is 1. The Kier molecular flexibility index (Phi) is 5.16. The van der Waals surface area contributed by atoms with Crippen molar-refractivity contribution in [1.82, 2.24) is 20.6 Å². The Balaban J connectivity index is 0.00000272. The predicted octanol–water partition coefficient (Wildman–Crippen LogP) is 3.81. The molecule has 0 aliphatic heterocycles. The summed E-state index contributed by atoms with van der Waals surface area (Å²) in [7, 11) is 0. The van der Waals surface area contributed by atoms with Crippen molar-refractivity contribution in [2.45, 2.75) is 26.0 Å². The molecule has 0 bridgehead atoms. The summed E-state index contributed by atoms with van der Waals surface area (Å²) >= 11 is 0. The number of nitrogens with zero attached hydrogens (tertiary/aromatic N) is 3. The van der Waals surface area contributed by atoms with Crippen LogP contribution in [-0.4, -0.2) is 26.3 Å². The van der Waals surface area contributed by atoms with E-state index in [-0.39, 0.29) is 13.2 Å². The fourth-order valence-electron chi connectivity index (χ4n) is 2.89. The van der Waals surface area contributed by atoms with E-state index in [1.165, 1.54) is 0 Å². The topological polar surface area (TPSA) is 110 Å². The lowest BCUT2D eigenvalue weighted by Crippen LogP contribution is -2.23. The van der Waals surface area contributed by atoms with E-state index in [1.807, 2.05) is 24.3 Å². The second kappa shape index (κ2) is 7.92. The van der Waals surface area contributed by atoms with Crippen molar-refractivity contribution in [3.63, 3.8) is 0 Å². The zero-order valence-corrected chi connectivity index (χ0v) is 16.5. The molecule has 0 saturated carbocycles. The number of hydrogen-bond donors (Lipinski definition) is 2. The molecular formula is C22H22N4O4. The molecule has 2 heterocycles. The van der Waals surface area contributed by atoms with Gasteiger partial charge in [-0.25, -0.2) is 9.61 Å². The molecule has 154 valence electrons. The number of aromatic nitrogens is 3. The van der Waals surface area contributed by atoms with E-state index in [1.54, 1.807) is 50.4 Å². The lowest BCUT2D eigenvalue weighted by molar-refractivity contribution is 0.0785. The predicted molar refractivity (Wildman–Crippen MR) is 111 cm³/mol. The van der Waals surface area contributed by atoms with E-state index >= 15 is 0 Å². The van der Waals surface area contributed by atoms with Gasteiger partial charge in [0.2, 0.25) is 5.88 Å². The normalized spacial score (nSPS) is 11.4. The number of carbonyl (C=O) groups is 1. The SMILES string of the molecule is CC(C)(O)c1ccc(CNC(=O)c2cccnc2Oc2ccc3nonc3c2)cc1.[HH]. The molecule has 2 aromatic carbocycles. The van der Waals surface area contributed by atoms with E-state index in [0.29, 0.717) is 28.9 Å². The highest BCUT2D eigenvalue weighted by atomic mass is 16.6. The molecule has 0 radical (unpaired) electrons. The van der Waals surface area contributed by atoms with Gasteiger partial charge in [0.15, 0.2) is 0 Å². The number of benzene rings is 2. The maximum Gasteiger partial charge on any atom is 0.257 e. The number of pyridine rings is 1. The molecule has 0 atom stereocenters. The monoisotopic (exact) mass is 406 g/mol. The van der Waals surface area contributed by atoms with Crippen LogP contribution in [0.5, 0.6) is 11.6 Å². The minimum Gasteiger partial charge on any atom is -0.438 e. The summed E-state index contributed by atoms with van der Waals surface area (Å²) in [6, 6.07) is 15.8. The Labute approximate surface area is 174 Å². The number of ether oxygens (including phenoxy) is 1. The van der Waals surface area contributed by atoms with Crippen molar-refractivity contribution in [2.24, 2.45) is 0 Å². The van der Waals surface area contributed by atoms with Crippen LogP contribution in [0, 0.1) is 0 Å². The van der Waals surface area contributed by atoms with Crippen molar-refractivity contribution in [3.8, 4) is 11.6 Å². The molecular weight excluding hydrogens is 384 g/mol. The molecule has 0 aliphatic rings. The minimum absolute atomic E-state index is 0. The number of amides is 1. The fraction of sp³-hybridized carbons (Fsp3) is 0.182. The van der Waals surface area contributed by atoms with Gasteiger partial charge in [-0.05, 0) is 59.6 Å². The third-order valence-corrected chi connectivity index (χ3v) is 4.57. The van der Waals surface area contributed by atoms with Crippen molar-refractivity contribution < 1.29 is 20.7 Å². The molecule has 4 aromatic rings. The van der Waals surface area contributed by atoms with Crippen LogP contribution in [0.3, 0.4) is 0 Å². The first-order valence-electron chi connectivity index (χ1n) is 9.35. The number of carbonyl (C=O) groups excluding carboxylic acids is 1. The third kappa shape index (κ3) is 4.28. The first-order valence-corrected chi connectivity index (χ1v) is 9.35. The summed E-state index contributed by atoms with van der Waals surface area (Å²) in [6.45, 7) is 3.78. The molecule has 2 N–H and O–H groups in total. The summed E-state index contributed by atoms with van der Waals surface area (Å²) in [5.74, 6) is 0.338. The zero-order chi connectivity index (χ0) is 21.1. The molecule has 0 fully saturated rings. The van der Waals surface area contributed by atoms with Gasteiger partial charge in [-0.3, -0.25) is 4.79 Å². The molecule has 4 rings (SSSR count). The summed E-state index contributed by atoms with van der Waals surface area (Å²) in [4.78, 5) is 16.9. The maximum absolute atomic E-state index is 12.7. The number of hydrogen-bond acceptors (Lipinski definition) is 7. The van der Waals surface area contributed by atoms with Gasteiger partial charge in [0.25, 0.3) is 5.91 Å². The van der Waals surface area contributed by atoms with Gasteiger partial charge in [-0.1, -0.05) is 24.3 Å². The first kappa shape index (κ1) is 19.5. The molecule has 0 spiro atoms.